The van der Waals surface area contributed by atoms with E-state index in [4.69, 9.17) is 30.5 Å². The number of amides is 1. The lowest BCUT2D eigenvalue weighted by molar-refractivity contribution is -0.139. The average molecular weight is 499 g/mol. The van der Waals surface area contributed by atoms with Gasteiger partial charge in [0.2, 0.25) is 5.75 Å². The summed E-state index contributed by atoms with van der Waals surface area (Å²) in [5.41, 5.74) is 2.37. The van der Waals surface area contributed by atoms with E-state index in [2.05, 4.69) is 10.6 Å². The molecule has 0 heterocycles. The molecular weight excluding hydrogens is 472 g/mol. The zero-order chi connectivity index (χ0) is 25.4. The van der Waals surface area contributed by atoms with E-state index in [0.29, 0.717) is 39.1 Å². The van der Waals surface area contributed by atoms with Gasteiger partial charge in [0.1, 0.15) is 0 Å². The van der Waals surface area contributed by atoms with Crippen molar-refractivity contribution in [3.05, 3.63) is 82.4 Å². The molecule has 0 saturated carbocycles. The molecule has 1 amide bonds. The van der Waals surface area contributed by atoms with Crippen LogP contribution in [0.3, 0.4) is 0 Å². The van der Waals surface area contributed by atoms with Gasteiger partial charge < -0.3 is 24.3 Å². The first kappa shape index (κ1) is 25.9. The van der Waals surface area contributed by atoms with Crippen LogP contribution in [0.4, 0.5) is 5.69 Å². The third-order valence-corrected chi connectivity index (χ3v) is 5.55. The van der Waals surface area contributed by atoms with Gasteiger partial charge in [-0.15, -0.1) is 0 Å². The Morgan fingerprint density at radius 1 is 0.886 bits per heavy atom. The minimum Gasteiger partial charge on any atom is -0.493 e. The molecule has 1 atom stereocenters. The number of ether oxygens (including phenoxy) is 4. The summed E-state index contributed by atoms with van der Waals surface area (Å²) >= 11 is 6.33. The standard InChI is InChI=1S/C26H27ClN2O6/c1-32-21-12-17(13-22(33-2)25(21)35-4)26(31)29-20-11-10-18(27)14-19(20)24(28-15-23(30)34-3)16-8-6-5-7-9-16/h5-14,24,28H,15H2,1-4H3,(H,29,31)/t24-/m0/s1. The number of nitrogens with one attached hydrogen (secondary N) is 2. The highest BCUT2D eigenvalue weighted by Crippen LogP contribution is 2.38. The lowest BCUT2D eigenvalue weighted by Gasteiger charge is -2.23. The maximum Gasteiger partial charge on any atom is 0.319 e. The second-order valence-corrected chi connectivity index (χ2v) is 7.84. The Balaban J connectivity index is 2.01. The van der Waals surface area contributed by atoms with Gasteiger partial charge in [0.25, 0.3) is 5.91 Å². The van der Waals surface area contributed by atoms with E-state index in [1.54, 1.807) is 30.3 Å². The summed E-state index contributed by atoms with van der Waals surface area (Å²) in [6.07, 6.45) is 0. The molecule has 2 N–H and O–H groups in total. The van der Waals surface area contributed by atoms with E-state index in [1.807, 2.05) is 30.3 Å². The molecule has 3 rings (SSSR count). The van der Waals surface area contributed by atoms with Crippen LogP contribution in [0, 0.1) is 0 Å². The second kappa shape index (κ2) is 12.1. The van der Waals surface area contributed by atoms with Crippen LogP contribution in [0.15, 0.2) is 60.7 Å². The maximum atomic E-state index is 13.3. The highest BCUT2D eigenvalue weighted by atomic mass is 35.5. The molecule has 184 valence electrons. The fraction of sp³-hybridized carbons (Fsp3) is 0.231. The number of benzene rings is 3. The molecule has 8 nitrogen and oxygen atoms in total. The number of carbonyl (C=O) groups is 2. The van der Waals surface area contributed by atoms with E-state index in [0.717, 1.165) is 5.56 Å². The van der Waals surface area contributed by atoms with Crippen molar-refractivity contribution in [1.29, 1.82) is 0 Å². The summed E-state index contributed by atoms with van der Waals surface area (Å²) in [5, 5.41) is 6.61. The molecule has 0 aliphatic rings. The van der Waals surface area contributed by atoms with Crippen LogP contribution in [0.25, 0.3) is 0 Å². The molecule has 0 saturated heterocycles. The van der Waals surface area contributed by atoms with Gasteiger partial charge in [-0.25, -0.2) is 0 Å². The number of hydrogen-bond acceptors (Lipinski definition) is 7. The van der Waals surface area contributed by atoms with Gasteiger partial charge in [-0.05, 0) is 41.5 Å². The van der Waals surface area contributed by atoms with Crippen LogP contribution < -0.4 is 24.8 Å². The van der Waals surface area contributed by atoms with Crippen LogP contribution >= 0.6 is 11.6 Å². The maximum absolute atomic E-state index is 13.3. The molecule has 0 aliphatic carbocycles. The minimum absolute atomic E-state index is 0.0389. The molecule has 0 spiro atoms. The average Bonchev–Trinajstić information content (AvgIpc) is 2.89. The van der Waals surface area contributed by atoms with Crippen LogP contribution in [0.1, 0.15) is 27.5 Å². The van der Waals surface area contributed by atoms with Crippen LogP contribution in [-0.4, -0.2) is 46.9 Å². The van der Waals surface area contributed by atoms with E-state index < -0.39 is 17.9 Å². The highest BCUT2D eigenvalue weighted by molar-refractivity contribution is 6.30. The zero-order valence-electron chi connectivity index (χ0n) is 19.9. The Labute approximate surface area is 209 Å². The van der Waals surface area contributed by atoms with Gasteiger partial charge in [0.05, 0.1) is 41.0 Å². The molecule has 0 bridgehead atoms. The molecule has 3 aromatic carbocycles. The van der Waals surface area contributed by atoms with Gasteiger partial charge >= 0.3 is 5.97 Å². The highest BCUT2D eigenvalue weighted by Gasteiger charge is 2.22. The van der Waals surface area contributed by atoms with E-state index in [-0.39, 0.29) is 6.54 Å². The summed E-state index contributed by atoms with van der Waals surface area (Å²) < 4.78 is 20.8. The Bertz CT molecular complexity index is 1160. The van der Waals surface area contributed by atoms with Crippen molar-refractivity contribution in [3.8, 4) is 17.2 Å². The molecular formula is C26H27ClN2O6. The number of esters is 1. The molecule has 0 radical (unpaired) electrons. The van der Waals surface area contributed by atoms with Gasteiger partial charge in [0.15, 0.2) is 11.5 Å². The lowest BCUT2D eigenvalue weighted by atomic mass is 9.96. The van der Waals surface area contributed by atoms with Crippen molar-refractivity contribution in [2.24, 2.45) is 0 Å². The first-order valence-electron chi connectivity index (χ1n) is 10.7. The fourth-order valence-electron chi connectivity index (χ4n) is 3.60. The molecule has 9 heteroatoms. The van der Waals surface area contributed by atoms with Crippen LogP contribution in [0.2, 0.25) is 5.02 Å². The largest absolute Gasteiger partial charge is 0.493 e. The first-order valence-corrected chi connectivity index (χ1v) is 11.1. The number of methoxy groups -OCH3 is 4. The Hall–Kier alpha value is -3.75. The fourth-order valence-corrected chi connectivity index (χ4v) is 3.78. The topological polar surface area (TPSA) is 95.1 Å². The predicted octanol–water partition coefficient (Wildman–Crippen LogP) is 4.47. The monoisotopic (exact) mass is 498 g/mol. The Morgan fingerprint density at radius 2 is 1.54 bits per heavy atom. The summed E-state index contributed by atoms with van der Waals surface area (Å²) in [7, 11) is 5.77. The van der Waals surface area contributed by atoms with Gasteiger partial charge in [-0.1, -0.05) is 41.9 Å². The van der Waals surface area contributed by atoms with Crippen molar-refractivity contribution < 1.29 is 28.5 Å². The number of hydrogen-bond donors (Lipinski definition) is 2. The zero-order valence-corrected chi connectivity index (χ0v) is 20.6. The molecule has 0 fully saturated rings. The summed E-state index contributed by atoms with van der Waals surface area (Å²) in [6.45, 7) is -0.0389. The minimum atomic E-state index is -0.454. The lowest BCUT2D eigenvalue weighted by Crippen LogP contribution is -2.30. The summed E-state index contributed by atoms with van der Waals surface area (Å²) in [5.74, 6) is 0.281. The molecule has 3 aromatic rings. The van der Waals surface area contributed by atoms with E-state index in [9.17, 15) is 9.59 Å². The summed E-state index contributed by atoms with van der Waals surface area (Å²) in [6, 6.07) is 17.3. The van der Waals surface area contributed by atoms with Gasteiger partial charge in [-0.3, -0.25) is 14.9 Å². The normalized spacial score (nSPS) is 11.3. The Morgan fingerprint density at radius 3 is 2.11 bits per heavy atom. The second-order valence-electron chi connectivity index (χ2n) is 7.40. The quantitative estimate of drug-likeness (QED) is 0.398. The SMILES string of the molecule is COC(=O)CN[C@@H](c1ccccc1)c1cc(Cl)ccc1NC(=O)c1cc(OC)c(OC)c(OC)c1. The van der Waals surface area contributed by atoms with Crippen LogP contribution in [0.5, 0.6) is 17.2 Å². The van der Waals surface area contributed by atoms with Gasteiger partial charge in [-0.2, -0.15) is 0 Å². The van der Waals surface area contributed by atoms with E-state index in [1.165, 1.54) is 28.4 Å². The van der Waals surface area contributed by atoms with E-state index >= 15 is 0 Å². The van der Waals surface area contributed by atoms with Crippen molar-refractivity contribution >= 4 is 29.2 Å². The van der Waals surface area contributed by atoms with Crippen molar-refractivity contribution in [2.75, 3.05) is 40.3 Å². The summed E-state index contributed by atoms with van der Waals surface area (Å²) in [4.78, 5) is 25.1. The molecule has 35 heavy (non-hydrogen) atoms. The number of halogens is 1. The predicted molar refractivity (Wildman–Crippen MR) is 134 cm³/mol. The smallest absolute Gasteiger partial charge is 0.319 e. The van der Waals surface area contributed by atoms with Gasteiger partial charge in [0, 0.05) is 16.3 Å². The van der Waals surface area contributed by atoms with Crippen LogP contribution in [-0.2, 0) is 9.53 Å². The number of anilines is 1. The van der Waals surface area contributed by atoms with Crippen molar-refractivity contribution in [3.63, 3.8) is 0 Å². The van der Waals surface area contributed by atoms with Crippen molar-refractivity contribution in [1.82, 2.24) is 5.32 Å². The number of carbonyl (C=O) groups excluding carboxylic acids is 2. The third-order valence-electron chi connectivity index (χ3n) is 5.31. The molecule has 0 unspecified atom stereocenters. The first-order chi connectivity index (χ1) is 16.9. The Kier molecular flexibility index (Phi) is 8.94. The third kappa shape index (κ3) is 6.23. The molecule has 0 aliphatic heterocycles. The molecule has 0 aromatic heterocycles. The van der Waals surface area contributed by atoms with Crippen molar-refractivity contribution in [2.45, 2.75) is 6.04 Å². The number of rotatable bonds is 10.